The number of amides is 2. The van der Waals surface area contributed by atoms with Gasteiger partial charge in [-0.25, -0.2) is 13.2 Å². The number of benzene rings is 1. The van der Waals surface area contributed by atoms with Gasteiger partial charge in [-0.2, -0.15) is 0 Å². The summed E-state index contributed by atoms with van der Waals surface area (Å²) in [6, 6.07) is 6.55. The maximum atomic E-state index is 11.3. The van der Waals surface area contributed by atoms with E-state index in [0.29, 0.717) is 17.9 Å². The Morgan fingerprint density at radius 1 is 1.22 bits per heavy atom. The summed E-state index contributed by atoms with van der Waals surface area (Å²) in [5, 5.41) is 2.74. The summed E-state index contributed by atoms with van der Waals surface area (Å²) < 4.78 is 22.5. The molecule has 1 aromatic carbocycles. The third-order valence-corrected chi connectivity index (χ3v) is 3.58. The minimum Gasteiger partial charge on any atom is -0.338 e. The van der Waals surface area contributed by atoms with E-state index in [-0.39, 0.29) is 6.03 Å². The fraction of sp³-hybridized carbons (Fsp3) is 0.417. The highest BCUT2D eigenvalue weighted by atomic mass is 32.2. The van der Waals surface area contributed by atoms with E-state index < -0.39 is 9.84 Å². The number of carbonyl (C=O) groups excluding carboxylic acids is 1. The van der Waals surface area contributed by atoms with Gasteiger partial charge in [0.05, 0.1) is 4.90 Å². The number of hydrogen-bond donors (Lipinski definition) is 1. The predicted octanol–water partition coefficient (Wildman–Crippen LogP) is 0.904. The molecule has 1 rings (SSSR count). The molecule has 100 valence electrons. The normalized spacial score (nSPS) is 11.1. The monoisotopic (exact) mass is 270 g/mol. The molecule has 0 aliphatic rings. The van der Waals surface area contributed by atoms with Crippen LogP contribution in [0, 0.1) is 0 Å². The number of hydrogen-bond acceptors (Lipinski definition) is 3. The lowest BCUT2D eigenvalue weighted by Crippen LogP contribution is -2.35. The molecular formula is C12H18N2O3S. The van der Waals surface area contributed by atoms with Crippen molar-refractivity contribution in [1.82, 2.24) is 10.2 Å². The predicted molar refractivity (Wildman–Crippen MR) is 70.3 cm³/mol. The number of carbonyl (C=O) groups is 1. The maximum Gasteiger partial charge on any atom is 0.316 e. The third-order valence-electron chi connectivity index (χ3n) is 2.45. The van der Waals surface area contributed by atoms with Crippen LogP contribution in [-0.2, 0) is 16.3 Å². The van der Waals surface area contributed by atoms with Crippen molar-refractivity contribution in [3.63, 3.8) is 0 Å². The van der Waals surface area contributed by atoms with Crippen LogP contribution in [0.1, 0.15) is 5.56 Å². The summed E-state index contributed by atoms with van der Waals surface area (Å²) in [4.78, 5) is 13.0. The van der Waals surface area contributed by atoms with E-state index in [1.807, 2.05) is 0 Å². The molecule has 18 heavy (non-hydrogen) atoms. The zero-order valence-electron chi connectivity index (χ0n) is 10.8. The number of nitrogens with one attached hydrogen (secondary N) is 1. The molecule has 0 aliphatic carbocycles. The van der Waals surface area contributed by atoms with Crippen molar-refractivity contribution in [3.8, 4) is 0 Å². The van der Waals surface area contributed by atoms with Crippen molar-refractivity contribution < 1.29 is 13.2 Å². The molecule has 0 atom stereocenters. The van der Waals surface area contributed by atoms with Gasteiger partial charge in [-0.15, -0.1) is 0 Å². The van der Waals surface area contributed by atoms with Gasteiger partial charge in [-0.1, -0.05) is 12.1 Å². The SMILES string of the molecule is CN(C)C(=O)NCCc1ccc(S(C)(=O)=O)cc1. The van der Waals surface area contributed by atoms with Gasteiger partial charge < -0.3 is 10.2 Å². The first-order valence-corrected chi connectivity index (χ1v) is 7.44. The van der Waals surface area contributed by atoms with Crippen LogP contribution in [-0.4, -0.2) is 46.2 Å². The molecule has 0 unspecified atom stereocenters. The largest absolute Gasteiger partial charge is 0.338 e. The number of rotatable bonds is 4. The topological polar surface area (TPSA) is 66.5 Å². The lowest BCUT2D eigenvalue weighted by molar-refractivity contribution is 0.217. The third kappa shape index (κ3) is 4.37. The van der Waals surface area contributed by atoms with Gasteiger partial charge in [-0.3, -0.25) is 0 Å². The molecule has 6 heteroatoms. The second kappa shape index (κ2) is 5.86. The first kappa shape index (κ1) is 14.5. The minimum atomic E-state index is -3.14. The van der Waals surface area contributed by atoms with Gasteiger partial charge in [-0.05, 0) is 24.1 Å². The molecule has 0 fully saturated rings. The second-order valence-corrected chi connectivity index (χ2v) is 6.31. The molecule has 1 aromatic rings. The van der Waals surface area contributed by atoms with Gasteiger partial charge in [0.25, 0.3) is 0 Å². The van der Waals surface area contributed by atoms with Gasteiger partial charge in [0.1, 0.15) is 0 Å². The molecule has 5 nitrogen and oxygen atoms in total. The van der Waals surface area contributed by atoms with E-state index in [9.17, 15) is 13.2 Å². The Kier molecular flexibility index (Phi) is 4.72. The lowest BCUT2D eigenvalue weighted by Gasteiger charge is -2.11. The Morgan fingerprint density at radius 3 is 2.22 bits per heavy atom. The first-order valence-electron chi connectivity index (χ1n) is 5.55. The molecule has 0 saturated heterocycles. The van der Waals surface area contributed by atoms with Crippen LogP contribution in [0.5, 0.6) is 0 Å². The van der Waals surface area contributed by atoms with Crippen molar-refractivity contribution >= 4 is 15.9 Å². The molecule has 0 aromatic heterocycles. The van der Waals surface area contributed by atoms with Crippen LogP contribution in [0.2, 0.25) is 0 Å². The summed E-state index contributed by atoms with van der Waals surface area (Å²) in [5.41, 5.74) is 0.987. The summed E-state index contributed by atoms with van der Waals surface area (Å²) in [6.45, 7) is 0.523. The Balaban J connectivity index is 2.53. The molecule has 0 saturated carbocycles. The molecule has 0 bridgehead atoms. The fourth-order valence-corrected chi connectivity index (χ4v) is 2.01. The van der Waals surface area contributed by atoms with Crippen LogP contribution in [0.3, 0.4) is 0 Å². The van der Waals surface area contributed by atoms with E-state index in [4.69, 9.17) is 0 Å². The smallest absolute Gasteiger partial charge is 0.316 e. The van der Waals surface area contributed by atoms with Crippen LogP contribution in [0.25, 0.3) is 0 Å². The van der Waals surface area contributed by atoms with Crippen molar-refractivity contribution in [1.29, 1.82) is 0 Å². The van der Waals surface area contributed by atoms with Crippen LogP contribution in [0.4, 0.5) is 4.79 Å². The van der Waals surface area contributed by atoms with Crippen molar-refractivity contribution in [3.05, 3.63) is 29.8 Å². The van der Waals surface area contributed by atoms with E-state index in [1.54, 1.807) is 38.4 Å². The van der Waals surface area contributed by atoms with Crippen molar-refractivity contribution in [2.45, 2.75) is 11.3 Å². The standard InChI is InChI=1S/C12H18N2O3S/c1-14(2)12(15)13-9-8-10-4-6-11(7-5-10)18(3,16)17/h4-7H,8-9H2,1-3H3,(H,13,15). The summed E-state index contributed by atoms with van der Waals surface area (Å²) in [5.74, 6) is 0. The van der Waals surface area contributed by atoms with Crippen LogP contribution < -0.4 is 5.32 Å². The molecule has 0 spiro atoms. The molecule has 0 aliphatic heterocycles. The molecule has 1 N–H and O–H groups in total. The summed E-state index contributed by atoms with van der Waals surface area (Å²) in [6.07, 6.45) is 1.85. The molecule has 2 amide bonds. The second-order valence-electron chi connectivity index (χ2n) is 4.29. The summed E-state index contributed by atoms with van der Waals surface area (Å²) >= 11 is 0. The Bertz CT molecular complexity index is 507. The summed E-state index contributed by atoms with van der Waals surface area (Å²) in [7, 11) is 0.212. The van der Waals surface area contributed by atoms with Crippen molar-refractivity contribution in [2.24, 2.45) is 0 Å². The maximum absolute atomic E-state index is 11.3. The van der Waals surface area contributed by atoms with Gasteiger partial charge in [0.15, 0.2) is 9.84 Å². The molecular weight excluding hydrogens is 252 g/mol. The number of urea groups is 1. The Hall–Kier alpha value is -1.56. The van der Waals surface area contributed by atoms with Crippen molar-refractivity contribution in [2.75, 3.05) is 26.9 Å². The highest BCUT2D eigenvalue weighted by Crippen LogP contribution is 2.10. The van der Waals surface area contributed by atoms with E-state index in [2.05, 4.69) is 5.32 Å². The Labute approximate surface area is 108 Å². The van der Waals surface area contributed by atoms with Gasteiger partial charge >= 0.3 is 6.03 Å². The lowest BCUT2D eigenvalue weighted by atomic mass is 10.1. The average Bonchev–Trinajstić information content (AvgIpc) is 2.28. The highest BCUT2D eigenvalue weighted by Gasteiger charge is 2.06. The average molecular weight is 270 g/mol. The molecule has 0 radical (unpaired) electrons. The zero-order chi connectivity index (χ0) is 13.8. The Morgan fingerprint density at radius 2 is 1.78 bits per heavy atom. The van der Waals surface area contributed by atoms with E-state index >= 15 is 0 Å². The minimum absolute atomic E-state index is 0.136. The fourth-order valence-electron chi connectivity index (χ4n) is 1.38. The van der Waals surface area contributed by atoms with Gasteiger partial charge in [0.2, 0.25) is 0 Å². The highest BCUT2D eigenvalue weighted by molar-refractivity contribution is 7.90. The number of sulfone groups is 1. The molecule has 0 heterocycles. The van der Waals surface area contributed by atoms with Crippen LogP contribution in [0.15, 0.2) is 29.2 Å². The van der Waals surface area contributed by atoms with Crippen LogP contribution >= 0.6 is 0 Å². The van der Waals surface area contributed by atoms with E-state index in [0.717, 1.165) is 5.56 Å². The zero-order valence-corrected chi connectivity index (χ0v) is 11.6. The number of nitrogens with zero attached hydrogens (tertiary/aromatic N) is 1. The van der Waals surface area contributed by atoms with E-state index in [1.165, 1.54) is 11.2 Å². The first-order chi connectivity index (χ1) is 8.30. The quantitative estimate of drug-likeness (QED) is 0.884. The van der Waals surface area contributed by atoms with Gasteiger partial charge in [0, 0.05) is 26.9 Å².